The van der Waals surface area contributed by atoms with E-state index in [1.165, 1.54) is 37.3 Å². The van der Waals surface area contributed by atoms with Crippen molar-refractivity contribution in [1.82, 2.24) is 5.32 Å². The summed E-state index contributed by atoms with van der Waals surface area (Å²) in [7, 11) is -2.33. The van der Waals surface area contributed by atoms with Crippen molar-refractivity contribution in [3.05, 3.63) is 46.8 Å². The highest BCUT2D eigenvalue weighted by atomic mass is 32.2. The van der Waals surface area contributed by atoms with Gasteiger partial charge in [0, 0.05) is 5.56 Å². The zero-order valence-electron chi connectivity index (χ0n) is 13.9. The van der Waals surface area contributed by atoms with Crippen LogP contribution >= 0.6 is 11.3 Å². The maximum atomic E-state index is 12.4. The van der Waals surface area contributed by atoms with Gasteiger partial charge in [0.15, 0.2) is 9.84 Å². The molecule has 0 unspecified atom stereocenters. The first-order valence-corrected chi connectivity index (χ1v) is 9.92. The zero-order chi connectivity index (χ0) is 19.3. The highest BCUT2D eigenvalue weighted by Crippen LogP contribution is 2.24. The first kappa shape index (κ1) is 19.6. The number of hydrogen-bond acceptors (Lipinski definition) is 7. The van der Waals surface area contributed by atoms with Gasteiger partial charge in [-0.1, -0.05) is 13.0 Å². The van der Waals surface area contributed by atoms with Gasteiger partial charge in [0.25, 0.3) is 11.8 Å². The summed E-state index contributed by atoms with van der Waals surface area (Å²) in [6, 6.07) is 7.06. The third-order valence-corrected chi connectivity index (χ3v) is 5.94. The molecular weight excluding hydrogens is 380 g/mol. The van der Waals surface area contributed by atoms with E-state index in [2.05, 4.69) is 10.1 Å². The molecule has 26 heavy (non-hydrogen) atoms. The van der Waals surface area contributed by atoms with Crippen LogP contribution in [0.4, 0.5) is 9.80 Å². The summed E-state index contributed by atoms with van der Waals surface area (Å²) >= 11 is 1.09. The molecule has 3 amide bonds. The Morgan fingerprint density at radius 3 is 2.54 bits per heavy atom. The number of alkyl carbamates (subject to hydrolysis) is 1. The molecule has 1 aromatic carbocycles. The van der Waals surface area contributed by atoms with Crippen LogP contribution in [0.3, 0.4) is 0 Å². The average Bonchev–Trinajstić information content (AvgIpc) is 3.09. The van der Waals surface area contributed by atoms with Crippen LogP contribution in [0, 0.1) is 0 Å². The van der Waals surface area contributed by atoms with Crippen molar-refractivity contribution in [3.8, 4) is 0 Å². The van der Waals surface area contributed by atoms with E-state index in [0.29, 0.717) is 0 Å². The van der Waals surface area contributed by atoms with Crippen LogP contribution in [0.1, 0.15) is 27.6 Å². The minimum Gasteiger partial charge on any atom is -0.453 e. The minimum absolute atomic E-state index is 0.0440. The molecule has 1 aromatic heterocycles. The molecule has 1 heterocycles. The topological polar surface area (TPSA) is 119 Å². The first-order chi connectivity index (χ1) is 12.3. The van der Waals surface area contributed by atoms with E-state index in [-0.39, 0.29) is 26.8 Å². The third kappa shape index (κ3) is 4.46. The van der Waals surface area contributed by atoms with Crippen LogP contribution in [0.15, 0.2) is 40.6 Å². The number of imide groups is 1. The summed E-state index contributed by atoms with van der Waals surface area (Å²) in [5.41, 5.74) is 0.221. The fourth-order valence-corrected chi connectivity index (χ4v) is 3.67. The Labute approximate surface area is 154 Å². The summed E-state index contributed by atoms with van der Waals surface area (Å²) in [5.74, 6) is -1.38. The molecule has 0 radical (unpaired) electrons. The molecule has 0 aliphatic carbocycles. The lowest BCUT2D eigenvalue weighted by Crippen LogP contribution is -2.30. The smallest absolute Gasteiger partial charge is 0.413 e. The number of benzene rings is 1. The van der Waals surface area contributed by atoms with Gasteiger partial charge in [0.1, 0.15) is 5.00 Å². The molecule has 0 fully saturated rings. The molecule has 0 saturated carbocycles. The molecule has 8 nitrogen and oxygen atoms in total. The molecule has 0 bridgehead atoms. The lowest BCUT2D eigenvalue weighted by Gasteiger charge is -2.08. The van der Waals surface area contributed by atoms with Gasteiger partial charge in [-0.2, -0.15) is 0 Å². The third-order valence-electron chi connectivity index (χ3n) is 3.37. The Hall–Kier alpha value is -2.72. The highest BCUT2D eigenvalue weighted by molar-refractivity contribution is 7.91. The molecule has 2 N–H and O–H groups in total. The van der Waals surface area contributed by atoms with Gasteiger partial charge in [0.2, 0.25) is 0 Å². The summed E-state index contributed by atoms with van der Waals surface area (Å²) in [4.78, 5) is 35.6. The molecule has 138 valence electrons. The average molecular weight is 396 g/mol. The van der Waals surface area contributed by atoms with E-state index < -0.39 is 27.7 Å². The number of ether oxygens (including phenoxy) is 1. The van der Waals surface area contributed by atoms with Crippen LogP contribution in [0.25, 0.3) is 0 Å². The van der Waals surface area contributed by atoms with E-state index in [4.69, 9.17) is 0 Å². The SMILES string of the molecule is CCS(=O)(=O)c1cccc(C(=O)Nc2sccc2C(=O)NC(=O)OC)c1. The molecule has 2 aromatic rings. The van der Waals surface area contributed by atoms with E-state index in [1.807, 2.05) is 5.32 Å². The number of nitrogens with one attached hydrogen (secondary N) is 2. The van der Waals surface area contributed by atoms with Crippen molar-refractivity contribution >= 4 is 44.1 Å². The van der Waals surface area contributed by atoms with Crippen molar-refractivity contribution in [2.45, 2.75) is 11.8 Å². The first-order valence-electron chi connectivity index (χ1n) is 7.39. The van der Waals surface area contributed by atoms with Gasteiger partial charge in [-0.15, -0.1) is 11.3 Å². The van der Waals surface area contributed by atoms with Gasteiger partial charge in [0.05, 0.1) is 23.3 Å². The lowest BCUT2D eigenvalue weighted by molar-refractivity contribution is 0.0938. The minimum atomic E-state index is -3.45. The molecule has 0 aliphatic rings. The standard InChI is InChI=1S/C16H16N2O6S2/c1-3-26(22,23)11-6-4-5-10(9-11)13(19)17-15-12(7-8-25-15)14(20)18-16(21)24-2/h4-9H,3H2,1-2H3,(H,17,19)(H,18,20,21). The van der Waals surface area contributed by atoms with E-state index in [0.717, 1.165) is 18.4 Å². The predicted octanol–water partition coefficient (Wildman–Crippen LogP) is 2.29. The van der Waals surface area contributed by atoms with Crippen LogP contribution in [-0.4, -0.2) is 39.2 Å². The molecule has 2 rings (SSSR count). The Bertz CT molecular complexity index is 949. The number of thiophene rings is 1. The second-order valence-corrected chi connectivity index (χ2v) is 8.19. The molecular formula is C16H16N2O6S2. The summed E-state index contributed by atoms with van der Waals surface area (Å²) in [6.45, 7) is 1.51. The van der Waals surface area contributed by atoms with Crippen molar-refractivity contribution in [2.75, 3.05) is 18.2 Å². The van der Waals surface area contributed by atoms with E-state index in [9.17, 15) is 22.8 Å². The molecule has 0 atom stereocenters. The van der Waals surface area contributed by atoms with Gasteiger partial charge < -0.3 is 10.1 Å². The zero-order valence-corrected chi connectivity index (χ0v) is 15.6. The van der Waals surface area contributed by atoms with Crippen LogP contribution < -0.4 is 10.6 Å². The lowest BCUT2D eigenvalue weighted by atomic mass is 10.2. The van der Waals surface area contributed by atoms with Gasteiger partial charge in [-0.3, -0.25) is 14.9 Å². The fraction of sp³-hybridized carbons (Fsp3) is 0.188. The molecule has 10 heteroatoms. The van der Waals surface area contributed by atoms with Crippen LogP contribution in [0.5, 0.6) is 0 Å². The quantitative estimate of drug-likeness (QED) is 0.800. The number of carbonyl (C=O) groups is 3. The Morgan fingerprint density at radius 2 is 1.88 bits per heavy atom. The van der Waals surface area contributed by atoms with Crippen LogP contribution in [0.2, 0.25) is 0 Å². The van der Waals surface area contributed by atoms with Crippen molar-refractivity contribution in [3.63, 3.8) is 0 Å². The number of methoxy groups -OCH3 is 1. The van der Waals surface area contributed by atoms with Crippen LogP contribution in [-0.2, 0) is 14.6 Å². The molecule has 0 saturated heterocycles. The Morgan fingerprint density at radius 1 is 1.15 bits per heavy atom. The van der Waals surface area contributed by atoms with E-state index in [1.54, 1.807) is 5.38 Å². The number of hydrogen-bond donors (Lipinski definition) is 2. The maximum Gasteiger partial charge on any atom is 0.413 e. The largest absolute Gasteiger partial charge is 0.453 e. The Kier molecular flexibility index (Phi) is 6.11. The highest BCUT2D eigenvalue weighted by Gasteiger charge is 2.19. The van der Waals surface area contributed by atoms with Crippen molar-refractivity contribution < 1.29 is 27.5 Å². The second kappa shape index (κ2) is 8.11. The number of rotatable bonds is 5. The number of sulfone groups is 1. The van der Waals surface area contributed by atoms with Crippen molar-refractivity contribution in [2.24, 2.45) is 0 Å². The summed E-state index contributed by atoms with van der Waals surface area (Å²) < 4.78 is 28.2. The van der Waals surface area contributed by atoms with Gasteiger partial charge >= 0.3 is 6.09 Å². The fourth-order valence-electron chi connectivity index (χ4n) is 1.97. The molecule has 0 aliphatic heterocycles. The maximum absolute atomic E-state index is 12.4. The van der Waals surface area contributed by atoms with E-state index >= 15 is 0 Å². The van der Waals surface area contributed by atoms with Crippen molar-refractivity contribution in [1.29, 1.82) is 0 Å². The van der Waals surface area contributed by atoms with Gasteiger partial charge in [-0.05, 0) is 29.6 Å². The monoisotopic (exact) mass is 396 g/mol. The number of carbonyl (C=O) groups excluding carboxylic acids is 3. The summed E-state index contributed by atoms with van der Waals surface area (Å²) in [6.07, 6.45) is -0.920. The van der Waals surface area contributed by atoms with Gasteiger partial charge in [-0.25, -0.2) is 13.2 Å². The summed E-state index contributed by atoms with van der Waals surface area (Å²) in [5, 5.41) is 6.34. The normalized spacial score (nSPS) is 10.8. The number of anilines is 1. The number of amides is 3. The predicted molar refractivity (Wildman–Crippen MR) is 96.3 cm³/mol. The second-order valence-electron chi connectivity index (χ2n) is 4.99. The Balaban J connectivity index is 2.22. The molecule has 0 spiro atoms.